The molecule has 0 saturated carbocycles. The van der Waals surface area contributed by atoms with E-state index < -0.39 is 19.0 Å². The van der Waals surface area contributed by atoms with Crippen LogP contribution in [-0.2, 0) is 13.0 Å². The number of hydrogen-bond acceptors (Lipinski definition) is 12. The smallest absolute Gasteiger partial charge is 0.406 e. The number of carbonyl (C=O) groups is 1. The van der Waals surface area contributed by atoms with Gasteiger partial charge in [0.15, 0.2) is 23.7 Å². The van der Waals surface area contributed by atoms with E-state index in [4.69, 9.17) is 15.9 Å². The van der Waals surface area contributed by atoms with E-state index in [2.05, 4.69) is 39.6 Å². The van der Waals surface area contributed by atoms with Gasteiger partial charge in [0.2, 0.25) is 0 Å². The van der Waals surface area contributed by atoms with Crippen LogP contribution in [-0.4, -0.2) is 68.2 Å². The van der Waals surface area contributed by atoms with Gasteiger partial charge in [0.25, 0.3) is 0 Å². The Balaban J connectivity index is 0.000000202. The third kappa shape index (κ3) is 13.3. The number of rotatable bonds is 10. The molecular weight excluding hydrogens is 740 g/mol. The van der Waals surface area contributed by atoms with Crippen molar-refractivity contribution < 1.29 is 50.8 Å². The van der Waals surface area contributed by atoms with Crippen molar-refractivity contribution in [3.63, 3.8) is 0 Å². The Bertz CT molecular complexity index is 2090. The van der Waals surface area contributed by atoms with Gasteiger partial charge in [-0.1, -0.05) is 12.1 Å². The second-order valence-electron chi connectivity index (χ2n) is 11.3. The molecule has 0 bridgehead atoms. The Morgan fingerprint density at radius 1 is 0.745 bits per heavy atom. The molecule has 4 heterocycles. The van der Waals surface area contributed by atoms with E-state index in [1.165, 1.54) is 83.5 Å². The van der Waals surface area contributed by atoms with Crippen LogP contribution in [0, 0.1) is 13.8 Å². The summed E-state index contributed by atoms with van der Waals surface area (Å²) in [4.78, 5) is 28.1. The maximum absolute atomic E-state index is 12.3. The van der Waals surface area contributed by atoms with E-state index in [0.29, 0.717) is 46.9 Å². The van der Waals surface area contributed by atoms with Crippen LogP contribution in [0.1, 0.15) is 50.9 Å². The molecule has 0 spiro atoms. The lowest BCUT2D eigenvalue weighted by Crippen LogP contribution is -2.17. The van der Waals surface area contributed by atoms with Crippen LogP contribution in [0.4, 0.5) is 26.3 Å². The topological polar surface area (TPSA) is 189 Å². The summed E-state index contributed by atoms with van der Waals surface area (Å²) < 4.78 is 82.8. The van der Waals surface area contributed by atoms with E-state index in [-0.39, 0.29) is 23.7 Å². The molecule has 0 unspecified atom stereocenters. The van der Waals surface area contributed by atoms with Crippen molar-refractivity contribution in [3.05, 3.63) is 132 Å². The minimum Gasteiger partial charge on any atom is -0.406 e. The lowest BCUT2D eigenvalue weighted by atomic mass is 10.00. The predicted molar refractivity (Wildman–Crippen MR) is 182 cm³/mol. The molecule has 290 valence electrons. The Kier molecular flexibility index (Phi) is 14.1. The second kappa shape index (κ2) is 18.7. The molecule has 2 aromatic carbocycles. The summed E-state index contributed by atoms with van der Waals surface area (Å²) in [6.45, 7) is 3.67. The number of benzene rings is 2. The lowest BCUT2D eigenvalue weighted by Gasteiger charge is -2.11. The fourth-order valence-electron chi connectivity index (χ4n) is 4.66. The lowest BCUT2D eigenvalue weighted by molar-refractivity contribution is -0.275. The molecule has 55 heavy (non-hydrogen) atoms. The van der Waals surface area contributed by atoms with Crippen LogP contribution >= 0.6 is 0 Å². The van der Waals surface area contributed by atoms with Crippen molar-refractivity contribution in [1.82, 2.24) is 39.5 Å². The van der Waals surface area contributed by atoms with Gasteiger partial charge in [-0.15, -0.1) is 26.3 Å². The Morgan fingerprint density at radius 3 is 1.64 bits per heavy atom. The number of aromatic nitrogens is 8. The van der Waals surface area contributed by atoms with Crippen LogP contribution in [0.5, 0.6) is 11.5 Å². The first-order chi connectivity index (χ1) is 26.0. The Hall–Kier alpha value is -6.25. The van der Waals surface area contributed by atoms with Crippen molar-refractivity contribution in [2.45, 2.75) is 52.2 Å². The zero-order chi connectivity index (χ0) is 40.2. The highest BCUT2D eigenvalue weighted by atomic mass is 19.4. The molecule has 0 aliphatic carbocycles. The molecule has 6 rings (SSSR count). The van der Waals surface area contributed by atoms with Crippen LogP contribution < -0.4 is 15.2 Å². The molecule has 0 aliphatic heterocycles. The summed E-state index contributed by atoms with van der Waals surface area (Å²) >= 11 is 0. The van der Waals surface area contributed by atoms with Gasteiger partial charge in [-0.25, -0.2) is 29.3 Å². The molecule has 0 saturated heterocycles. The van der Waals surface area contributed by atoms with Crippen LogP contribution in [0.25, 0.3) is 11.6 Å². The van der Waals surface area contributed by atoms with E-state index in [1.807, 2.05) is 0 Å². The van der Waals surface area contributed by atoms with Crippen molar-refractivity contribution >= 4 is 5.78 Å². The summed E-state index contributed by atoms with van der Waals surface area (Å²) in [5.74, 6) is 0.518. The first-order valence-electron chi connectivity index (χ1n) is 15.9. The highest BCUT2D eigenvalue weighted by Gasteiger charge is 2.32. The van der Waals surface area contributed by atoms with E-state index in [9.17, 15) is 31.1 Å². The molecule has 0 aliphatic rings. The van der Waals surface area contributed by atoms with E-state index >= 15 is 0 Å². The number of aryl methyl sites for hydroxylation is 3. The molecule has 0 amide bonds. The highest BCUT2D eigenvalue weighted by molar-refractivity contribution is 5.96. The van der Waals surface area contributed by atoms with Crippen molar-refractivity contribution in [3.8, 4) is 23.1 Å². The number of hydrogen-bond donors (Lipinski definition) is 3. The number of ether oxygens (including phenoxy) is 2. The monoisotopic (exact) mass is 773 g/mol. The Morgan fingerprint density at radius 2 is 1.25 bits per heavy atom. The first-order valence-corrected chi connectivity index (χ1v) is 15.9. The zero-order valence-electron chi connectivity index (χ0n) is 29.0. The average molecular weight is 774 g/mol. The molecule has 6 aromatic rings. The van der Waals surface area contributed by atoms with E-state index in [0.717, 1.165) is 11.1 Å². The number of aliphatic hydroxyl groups is 2. The van der Waals surface area contributed by atoms with Gasteiger partial charge in [0.1, 0.15) is 36.8 Å². The number of ketones is 1. The summed E-state index contributed by atoms with van der Waals surface area (Å²) in [5, 5.41) is 25.5. The largest absolute Gasteiger partial charge is 0.573 e. The standard InChI is InChI=1S/C18H15F3N4O2.C9H10F3NO.C8H8N4O2/c1-12-8-15(27-18(19,20)21)5-2-13(12)3-6-16(26)14-4-7-17(23-9-14)25-11-22-10-24-25;1-6-4-8(14-9(10,11)12)3-2-7(6)5-13;13-8(14)6-1-2-7(10-3-6)12-5-9-4-11-12/h2,4-5,7-11H,3,6H2,1H3;2-4H,5,13H2,1H3;1-5,8,13-14H. The quantitative estimate of drug-likeness (QED) is 0.0879. The number of alkyl halides is 6. The molecule has 4 aromatic heterocycles. The molecular formula is C35H33F6N9O5. The summed E-state index contributed by atoms with van der Waals surface area (Å²) in [6.07, 6.45) is -1.61. The number of Topliss-reactive ketones (excluding diaryl/α,β-unsaturated/α-hetero) is 1. The van der Waals surface area contributed by atoms with Gasteiger partial charge in [-0.05, 0) is 91.1 Å². The Labute approximate surface area is 308 Å². The van der Waals surface area contributed by atoms with Gasteiger partial charge in [0.05, 0.1) is 0 Å². The second-order valence-corrected chi connectivity index (χ2v) is 11.3. The third-order valence-electron chi connectivity index (χ3n) is 7.38. The van der Waals surface area contributed by atoms with Crippen molar-refractivity contribution in [2.24, 2.45) is 5.73 Å². The van der Waals surface area contributed by atoms with Gasteiger partial charge < -0.3 is 25.4 Å². The number of nitrogens with two attached hydrogens (primary N) is 1. The molecule has 4 N–H and O–H groups in total. The van der Waals surface area contributed by atoms with Crippen molar-refractivity contribution in [2.75, 3.05) is 0 Å². The minimum atomic E-state index is -4.73. The normalized spacial score (nSPS) is 11.3. The summed E-state index contributed by atoms with van der Waals surface area (Å²) in [6, 6.07) is 14.7. The third-order valence-corrected chi connectivity index (χ3v) is 7.38. The first kappa shape index (κ1) is 41.5. The predicted octanol–water partition coefficient (Wildman–Crippen LogP) is 5.68. The maximum atomic E-state index is 12.3. The van der Waals surface area contributed by atoms with Gasteiger partial charge >= 0.3 is 12.7 Å². The average Bonchev–Trinajstić information content (AvgIpc) is 3.87. The fraction of sp³-hybridized carbons (Fsp3) is 0.229. The molecule has 0 fully saturated rings. The van der Waals surface area contributed by atoms with E-state index in [1.54, 1.807) is 38.1 Å². The van der Waals surface area contributed by atoms with Gasteiger partial charge in [-0.2, -0.15) is 10.2 Å². The molecule has 14 nitrogen and oxygen atoms in total. The van der Waals surface area contributed by atoms with Gasteiger partial charge in [0, 0.05) is 36.5 Å². The summed E-state index contributed by atoms with van der Waals surface area (Å²) in [7, 11) is 0. The SMILES string of the molecule is Cc1cc(OC(F)(F)F)ccc1CCC(=O)c1ccc(-n2cncn2)nc1.Cc1cc(OC(F)(F)F)ccc1CN.OC(O)c1ccc(-n2cncn2)nc1. The molecule has 20 heteroatoms. The number of nitrogens with zero attached hydrogens (tertiary/aromatic N) is 8. The highest BCUT2D eigenvalue weighted by Crippen LogP contribution is 2.26. The number of halogens is 6. The van der Waals surface area contributed by atoms with Crippen molar-refractivity contribution in [1.29, 1.82) is 0 Å². The molecule has 0 radical (unpaired) electrons. The van der Waals surface area contributed by atoms with Gasteiger partial charge in [-0.3, -0.25) is 4.79 Å². The molecule has 0 atom stereocenters. The maximum Gasteiger partial charge on any atom is 0.573 e. The van der Waals surface area contributed by atoms with Crippen LogP contribution in [0.15, 0.2) is 98.4 Å². The zero-order valence-corrected chi connectivity index (χ0v) is 29.0. The summed E-state index contributed by atoms with van der Waals surface area (Å²) in [5.41, 5.74) is 9.06. The van der Waals surface area contributed by atoms with Crippen LogP contribution in [0.2, 0.25) is 0 Å². The number of pyridine rings is 2. The number of carbonyl (C=O) groups excluding carboxylic acids is 1. The number of aliphatic hydroxyl groups excluding tert-OH is 1. The fourth-order valence-corrected chi connectivity index (χ4v) is 4.66. The van der Waals surface area contributed by atoms with Crippen LogP contribution in [0.3, 0.4) is 0 Å². The minimum absolute atomic E-state index is 0.109.